The summed E-state index contributed by atoms with van der Waals surface area (Å²) < 4.78 is 53.4. The number of hydrogen-bond donors (Lipinski definition) is 1. The van der Waals surface area contributed by atoms with E-state index in [4.69, 9.17) is 0 Å². The van der Waals surface area contributed by atoms with Gasteiger partial charge in [0, 0.05) is 29.1 Å². The van der Waals surface area contributed by atoms with Crippen molar-refractivity contribution in [3.8, 4) is 5.69 Å². The third kappa shape index (κ3) is 4.05. The molecule has 0 saturated heterocycles. The predicted molar refractivity (Wildman–Crippen MR) is 109 cm³/mol. The van der Waals surface area contributed by atoms with Gasteiger partial charge in [0.15, 0.2) is 5.78 Å². The summed E-state index contributed by atoms with van der Waals surface area (Å²) in [6.45, 7) is 0. The number of carbonyl (C=O) groups is 2. The Balaban J connectivity index is 1.84. The van der Waals surface area contributed by atoms with Crippen LogP contribution in [0.4, 0.5) is 23.2 Å². The summed E-state index contributed by atoms with van der Waals surface area (Å²) in [7, 11) is 0. The van der Waals surface area contributed by atoms with E-state index >= 15 is 0 Å². The van der Waals surface area contributed by atoms with Crippen molar-refractivity contribution < 1.29 is 27.2 Å². The number of carbonyl (C=O) groups excluding carboxylic acids is 2. The van der Waals surface area contributed by atoms with Crippen LogP contribution in [-0.4, -0.2) is 16.3 Å². The van der Waals surface area contributed by atoms with Crippen LogP contribution in [0.15, 0.2) is 59.4 Å². The molecule has 1 aliphatic carbocycles. The Morgan fingerprint density at radius 1 is 0.969 bits per heavy atom. The first-order valence-corrected chi connectivity index (χ1v) is 9.72. The lowest BCUT2D eigenvalue weighted by atomic mass is 9.92. The molecule has 0 saturated carbocycles. The van der Waals surface area contributed by atoms with Gasteiger partial charge in [-0.15, -0.1) is 0 Å². The van der Waals surface area contributed by atoms with Gasteiger partial charge in [-0.05, 0) is 61.4 Å². The zero-order valence-electron chi connectivity index (χ0n) is 16.5. The molecule has 2 aromatic carbocycles. The topological polar surface area (TPSA) is 68.2 Å². The van der Waals surface area contributed by atoms with Crippen molar-refractivity contribution in [3.05, 3.63) is 93.2 Å². The molecule has 0 atom stereocenters. The van der Waals surface area contributed by atoms with E-state index in [9.17, 15) is 31.9 Å². The molecule has 1 N–H and O–H groups in total. The van der Waals surface area contributed by atoms with E-state index in [1.165, 1.54) is 24.3 Å². The molecular formula is C23H16F4N2O3. The zero-order valence-corrected chi connectivity index (χ0v) is 16.5. The fourth-order valence-corrected chi connectivity index (χ4v) is 3.69. The SMILES string of the molecule is O=C1CCCc2c1cc(C(=O)Nc1cccc(F)c1)c(=O)n2-c1ccc(C(F)(F)F)cc1. The van der Waals surface area contributed by atoms with Gasteiger partial charge in [0.25, 0.3) is 11.5 Å². The molecule has 0 radical (unpaired) electrons. The highest BCUT2D eigenvalue weighted by molar-refractivity contribution is 6.06. The van der Waals surface area contributed by atoms with Gasteiger partial charge in [0.1, 0.15) is 11.4 Å². The lowest BCUT2D eigenvalue weighted by Gasteiger charge is -2.22. The molecule has 5 nitrogen and oxygen atoms in total. The molecule has 0 unspecified atom stereocenters. The van der Waals surface area contributed by atoms with Crippen LogP contribution in [0, 0.1) is 5.82 Å². The molecule has 3 aromatic rings. The fourth-order valence-electron chi connectivity index (χ4n) is 3.69. The number of halogens is 4. The second-order valence-corrected chi connectivity index (χ2v) is 7.34. The Morgan fingerprint density at radius 3 is 2.34 bits per heavy atom. The number of ketones is 1. The van der Waals surface area contributed by atoms with Crippen molar-refractivity contribution in [3.63, 3.8) is 0 Å². The van der Waals surface area contributed by atoms with Crippen LogP contribution in [0.25, 0.3) is 5.69 Å². The number of fused-ring (bicyclic) bond motifs is 1. The van der Waals surface area contributed by atoms with Crippen molar-refractivity contribution in [1.29, 1.82) is 0 Å². The molecule has 9 heteroatoms. The minimum atomic E-state index is -4.55. The third-order valence-corrected chi connectivity index (χ3v) is 5.20. The molecule has 0 aliphatic heterocycles. The third-order valence-electron chi connectivity index (χ3n) is 5.20. The smallest absolute Gasteiger partial charge is 0.322 e. The normalized spacial score (nSPS) is 13.6. The van der Waals surface area contributed by atoms with Crippen molar-refractivity contribution in [1.82, 2.24) is 4.57 Å². The van der Waals surface area contributed by atoms with Crippen LogP contribution in [0.1, 0.15) is 44.8 Å². The number of nitrogens with one attached hydrogen (secondary N) is 1. The zero-order chi connectivity index (χ0) is 23.0. The lowest BCUT2D eigenvalue weighted by molar-refractivity contribution is -0.137. The van der Waals surface area contributed by atoms with Crippen LogP contribution in [0.2, 0.25) is 0 Å². The summed E-state index contributed by atoms with van der Waals surface area (Å²) in [5.74, 6) is -1.72. The van der Waals surface area contributed by atoms with Gasteiger partial charge >= 0.3 is 6.18 Å². The number of rotatable bonds is 3. The van der Waals surface area contributed by atoms with Crippen LogP contribution >= 0.6 is 0 Å². The number of anilines is 1. The van der Waals surface area contributed by atoms with E-state index in [2.05, 4.69) is 5.32 Å². The van der Waals surface area contributed by atoms with E-state index in [-0.39, 0.29) is 34.7 Å². The molecule has 32 heavy (non-hydrogen) atoms. The molecule has 4 rings (SSSR count). The first-order valence-electron chi connectivity index (χ1n) is 9.72. The maximum absolute atomic E-state index is 13.4. The summed E-state index contributed by atoms with van der Waals surface area (Å²) in [6.07, 6.45) is -3.50. The highest BCUT2D eigenvalue weighted by Crippen LogP contribution is 2.30. The number of pyridine rings is 1. The number of amides is 1. The van der Waals surface area contributed by atoms with Crippen molar-refractivity contribution in [2.75, 3.05) is 5.32 Å². The molecule has 0 spiro atoms. The van der Waals surface area contributed by atoms with E-state index in [1.807, 2.05) is 0 Å². The van der Waals surface area contributed by atoms with E-state index in [0.717, 1.165) is 34.9 Å². The van der Waals surface area contributed by atoms with Gasteiger partial charge in [-0.25, -0.2) is 4.39 Å². The molecule has 1 amide bonds. The molecular weight excluding hydrogens is 428 g/mol. The Bertz CT molecular complexity index is 1280. The van der Waals surface area contributed by atoms with Crippen molar-refractivity contribution >= 4 is 17.4 Å². The summed E-state index contributed by atoms with van der Waals surface area (Å²) >= 11 is 0. The van der Waals surface area contributed by atoms with Gasteiger partial charge in [-0.3, -0.25) is 19.0 Å². The Kier molecular flexibility index (Phi) is 5.41. The van der Waals surface area contributed by atoms with Crippen LogP contribution < -0.4 is 10.9 Å². The van der Waals surface area contributed by atoms with E-state index < -0.39 is 29.0 Å². The predicted octanol–water partition coefficient (Wildman–Crippen LogP) is 4.77. The molecule has 1 aromatic heterocycles. The summed E-state index contributed by atoms with van der Waals surface area (Å²) in [4.78, 5) is 38.5. The van der Waals surface area contributed by atoms with E-state index in [0.29, 0.717) is 18.5 Å². The van der Waals surface area contributed by atoms with Gasteiger partial charge in [0.05, 0.1) is 5.56 Å². The number of aromatic nitrogens is 1. The average molecular weight is 444 g/mol. The standard InChI is InChI=1S/C23H16F4N2O3/c24-14-3-1-4-15(11-14)28-21(31)18-12-17-19(5-2-6-20(17)30)29(22(18)32)16-9-7-13(8-10-16)23(25,26)27/h1,3-4,7-12H,2,5-6H2,(H,28,31). The first kappa shape index (κ1) is 21.5. The molecule has 1 aliphatic rings. The molecule has 0 fully saturated rings. The highest BCUT2D eigenvalue weighted by atomic mass is 19.4. The minimum Gasteiger partial charge on any atom is -0.322 e. The summed E-state index contributed by atoms with van der Waals surface area (Å²) in [5.41, 5.74) is -1.32. The Labute approximate surface area is 179 Å². The number of alkyl halides is 3. The van der Waals surface area contributed by atoms with Crippen LogP contribution in [-0.2, 0) is 12.6 Å². The molecule has 164 valence electrons. The van der Waals surface area contributed by atoms with Crippen LogP contribution in [0.5, 0.6) is 0 Å². The van der Waals surface area contributed by atoms with E-state index in [1.54, 1.807) is 0 Å². The maximum Gasteiger partial charge on any atom is 0.416 e. The van der Waals surface area contributed by atoms with Gasteiger partial charge in [-0.1, -0.05) is 6.07 Å². The summed E-state index contributed by atoms with van der Waals surface area (Å²) in [6, 6.07) is 10.2. The quantitative estimate of drug-likeness (QED) is 0.592. The minimum absolute atomic E-state index is 0.106. The molecule has 0 bridgehead atoms. The van der Waals surface area contributed by atoms with Gasteiger partial charge in [0.2, 0.25) is 0 Å². The number of nitrogens with zero attached hydrogens (tertiary/aromatic N) is 1. The second kappa shape index (κ2) is 8.07. The summed E-state index contributed by atoms with van der Waals surface area (Å²) in [5, 5.41) is 2.42. The van der Waals surface area contributed by atoms with Crippen LogP contribution in [0.3, 0.4) is 0 Å². The highest BCUT2D eigenvalue weighted by Gasteiger charge is 2.31. The van der Waals surface area contributed by atoms with Crippen molar-refractivity contribution in [2.24, 2.45) is 0 Å². The molecule has 1 heterocycles. The number of benzene rings is 2. The maximum atomic E-state index is 13.4. The van der Waals surface area contributed by atoms with Gasteiger partial charge < -0.3 is 5.32 Å². The monoisotopic (exact) mass is 444 g/mol. The van der Waals surface area contributed by atoms with Gasteiger partial charge in [-0.2, -0.15) is 13.2 Å². The largest absolute Gasteiger partial charge is 0.416 e. The lowest BCUT2D eigenvalue weighted by Crippen LogP contribution is -2.33. The fraction of sp³-hybridized carbons (Fsp3) is 0.174. The Morgan fingerprint density at radius 2 is 1.69 bits per heavy atom. The first-order chi connectivity index (χ1) is 15.1. The second-order valence-electron chi connectivity index (χ2n) is 7.34. The number of hydrogen-bond acceptors (Lipinski definition) is 3. The van der Waals surface area contributed by atoms with Crippen molar-refractivity contribution in [2.45, 2.75) is 25.4 Å². The number of Topliss-reactive ketones (excluding diaryl/α,β-unsaturated/α-hetero) is 1. The Hall–Kier alpha value is -3.75. The average Bonchev–Trinajstić information content (AvgIpc) is 2.73.